The van der Waals surface area contributed by atoms with Gasteiger partial charge in [-0.05, 0) is 76.1 Å². The van der Waals surface area contributed by atoms with Crippen molar-refractivity contribution >= 4 is 0 Å². The summed E-state index contributed by atoms with van der Waals surface area (Å²) >= 11 is 0. The zero-order valence-corrected chi connectivity index (χ0v) is 20.2. The third kappa shape index (κ3) is 6.72. The van der Waals surface area contributed by atoms with E-state index in [0.717, 1.165) is 53.7 Å². The lowest BCUT2D eigenvalue weighted by molar-refractivity contribution is -0.430. The largest absolute Gasteiger partial charge is 0.507 e. The van der Waals surface area contributed by atoms with Gasteiger partial charge in [-0.25, -0.2) is 0 Å². The summed E-state index contributed by atoms with van der Waals surface area (Å²) in [6.45, 7) is 9.95. The Kier molecular flexibility index (Phi) is 9.39. The van der Waals surface area contributed by atoms with E-state index in [4.69, 9.17) is 4.74 Å². The highest BCUT2D eigenvalue weighted by Gasteiger charge is 2.37. The number of phenols is 1. The average molecular weight is 432 g/mol. The summed E-state index contributed by atoms with van der Waals surface area (Å²) in [5.74, 6) is 1.13. The molecular weight excluding hydrogens is 390 g/mol. The summed E-state index contributed by atoms with van der Waals surface area (Å²) < 4.78 is 6.38. The maximum atomic E-state index is 11.7. The van der Waals surface area contributed by atoms with Crippen LogP contribution in [-0.2, 0) is 6.42 Å². The van der Waals surface area contributed by atoms with Crippen molar-refractivity contribution in [1.29, 1.82) is 0 Å². The molecule has 0 aliphatic carbocycles. The zero-order valence-electron chi connectivity index (χ0n) is 20.2. The molecule has 0 aromatic heterocycles. The molecule has 1 aliphatic rings. The lowest BCUT2D eigenvalue weighted by Crippen LogP contribution is -2.38. The van der Waals surface area contributed by atoms with Gasteiger partial charge in [0.2, 0.25) is 5.70 Å². The van der Waals surface area contributed by atoms with E-state index in [0.29, 0.717) is 18.6 Å². The molecule has 5 heteroatoms. The van der Waals surface area contributed by atoms with Gasteiger partial charge in [0, 0.05) is 5.56 Å². The van der Waals surface area contributed by atoms with Crippen LogP contribution < -0.4 is 4.74 Å². The highest BCUT2D eigenvalue weighted by Crippen LogP contribution is 2.44. The third-order valence-corrected chi connectivity index (χ3v) is 6.82. The molecule has 31 heavy (non-hydrogen) atoms. The van der Waals surface area contributed by atoms with E-state index in [9.17, 15) is 15.2 Å². The predicted octanol–water partition coefficient (Wildman–Crippen LogP) is 7.48. The monoisotopic (exact) mass is 431 g/mol. The number of hydrogen-bond acceptors (Lipinski definition) is 4. The van der Waals surface area contributed by atoms with Gasteiger partial charge in [0.25, 0.3) is 0 Å². The van der Waals surface area contributed by atoms with Crippen molar-refractivity contribution in [3.8, 4) is 11.5 Å². The minimum atomic E-state index is -0.605. The first-order valence-corrected chi connectivity index (χ1v) is 12.0. The summed E-state index contributed by atoms with van der Waals surface area (Å²) in [6.07, 6.45) is 14.2. The van der Waals surface area contributed by atoms with Gasteiger partial charge >= 0.3 is 0 Å². The fourth-order valence-corrected chi connectivity index (χ4v) is 4.56. The number of allylic oxidation sites excluding steroid dienone is 1. The lowest BCUT2D eigenvalue weighted by atomic mass is 9.85. The maximum Gasteiger partial charge on any atom is 0.246 e. The van der Waals surface area contributed by atoms with E-state index in [-0.39, 0.29) is 10.6 Å². The summed E-state index contributed by atoms with van der Waals surface area (Å²) in [6, 6.07) is 0. The van der Waals surface area contributed by atoms with Crippen molar-refractivity contribution in [3.05, 3.63) is 44.1 Å². The molecule has 0 bridgehead atoms. The van der Waals surface area contributed by atoms with E-state index in [2.05, 4.69) is 6.92 Å². The number of phenolic OH excluding ortho intramolecular Hbond substituents is 1. The van der Waals surface area contributed by atoms with Gasteiger partial charge in [-0.3, -0.25) is 10.1 Å². The van der Waals surface area contributed by atoms with E-state index < -0.39 is 5.60 Å². The van der Waals surface area contributed by atoms with E-state index in [1.807, 2.05) is 27.7 Å². The second-order valence-electron chi connectivity index (χ2n) is 9.48. The summed E-state index contributed by atoms with van der Waals surface area (Å²) in [5, 5.41) is 22.0. The number of hydrogen-bond donors (Lipinski definition) is 1. The minimum absolute atomic E-state index is 0.241. The second kappa shape index (κ2) is 11.5. The molecule has 0 fully saturated rings. The van der Waals surface area contributed by atoms with Crippen LogP contribution in [0.25, 0.3) is 0 Å². The highest BCUT2D eigenvalue weighted by atomic mass is 16.6. The normalized spacial score (nSPS) is 18.5. The molecule has 0 radical (unpaired) electrons. The van der Waals surface area contributed by atoms with Gasteiger partial charge in [-0.2, -0.15) is 0 Å². The van der Waals surface area contributed by atoms with Crippen molar-refractivity contribution in [2.75, 3.05) is 0 Å². The van der Waals surface area contributed by atoms with Crippen LogP contribution in [0.2, 0.25) is 0 Å². The van der Waals surface area contributed by atoms with Gasteiger partial charge in [-0.15, -0.1) is 0 Å². The molecule has 2 rings (SSSR count). The van der Waals surface area contributed by atoms with Gasteiger partial charge in [0.05, 0.1) is 11.3 Å². The van der Waals surface area contributed by atoms with Crippen molar-refractivity contribution in [1.82, 2.24) is 0 Å². The standard InChI is InChI=1S/C26H41NO4/c1-6-7-8-9-10-11-12-13-14-15-22(27(29)30)18-26(5)17-16-23-21(4)24(28)19(2)20(3)25(23)31-26/h15,28H,6-14,16-18H2,1-5H3/b22-15-. The van der Waals surface area contributed by atoms with Gasteiger partial charge in [0.15, 0.2) is 0 Å². The number of fused-ring (bicyclic) bond motifs is 1. The molecule has 1 heterocycles. The van der Waals surface area contributed by atoms with Crippen molar-refractivity contribution in [3.63, 3.8) is 0 Å². The van der Waals surface area contributed by atoms with Crippen molar-refractivity contribution in [2.45, 2.75) is 117 Å². The van der Waals surface area contributed by atoms with Crippen LogP contribution in [0, 0.1) is 30.9 Å². The number of nitrogens with zero attached hydrogens (tertiary/aromatic N) is 1. The first-order valence-electron chi connectivity index (χ1n) is 12.0. The molecule has 1 N–H and O–H groups in total. The third-order valence-electron chi connectivity index (χ3n) is 6.82. The Morgan fingerprint density at radius 3 is 2.29 bits per heavy atom. The smallest absolute Gasteiger partial charge is 0.246 e. The summed E-state index contributed by atoms with van der Waals surface area (Å²) in [4.78, 5) is 11.5. The molecule has 1 aromatic rings. The Balaban J connectivity index is 1.96. The molecule has 1 aromatic carbocycles. The molecule has 0 spiro atoms. The highest BCUT2D eigenvalue weighted by molar-refractivity contribution is 5.58. The predicted molar refractivity (Wildman–Crippen MR) is 127 cm³/mol. The molecule has 174 valence electrons. The molecule has 1 aliphatic heterocycles. The zero-order chi connectivity index (χ0) is 23.0. The van der Waals surface area contributed by atoms with E-state index in [1.165, 1.54) is 38.5 Å². The fourth-order valence-electron chi connectivity index (χ4n) is 4.56. The molecular formula is C26H41NO4. The molecule has 0 saturated heterocycles. The first kappa shape index (κ1) is 25.2. The quantitative estimate of drug-likeness (QED) is 0.211. The fraction of sp³-hybridized carbons (Fsp3) is 0.692. The van der Waals surface area contributed by atoms with Crippen LogP contribution in [0.1, 0.15) is 107 Å². The molecule has 5 nitrogen and oxygen atoms in total. The summed E-state index contributed by atoms with van der Waals surface area (Å²) in [5.41, 5.74) is 3.29. The Morgan fingerprint density at radius 1 is 1.06 bits per heavy atom. The molecule has 0 amide bonds. The van der Waals surface area contributed by atoms with Crippen molar-refractivity contribution in [2.24, 2.45) is 0 Å². The SMILES string of the molecule is CCCCCCCCCC/C=C(/CC1(C)CCc2c(C)c(O)c(C)c(C)c2O1)[N+](=O)[O-]. The maximum absolute atomic E-state index is 11.7. The molecule has 1 atom stereocenters. The Morgan fingerprint density at radius 2 is 1.68 bits per heavy atom. The van der Waals surface area contributed by atoms with Gasteiger partial charge in [-0.1, -0.05) is 51.9 Å². The van der Waals surface area contributed by atoms with Gasteiger partial charge < -0.3 is 9.84 Å². The number of ether oxygens (including phenoxy) is 1. The van der Waals surface area contributed by atoms with Crippen LogP contribution in [0.4, 0.5) is 0 Å². The molecule has 0 saturated carbocycles. The topological polar surface area (TPSA) is 72.6 Å². The Bertz CT molecular complexity index is 799. The number of aromatic hydroxyl groups is 1. The minimum Gasteiger partial charge on any atom is -0.507 e. The average Bonchev–Trinajstić information content (AvgIpc) is 2.74. The van der Waals surface area contributed by atoms with Crippen LogP contribution in [0.15, 0.2) is 11.8 Å². The van der Waals surface area contributed by atoms with E-state index in [1.54, 1.807) is 6.08 Å². The van der Waals surface area contributed by atoms with Crippen molar-refractivity contribution < 1.29 is 14.8 Å². The van der Waals surface area contributed by atoms with E-state index >= 15 is 0 Å². The number of rotatable bonds is 12. The Labute approximate surface area is 188 Å². The first-order chi connectivity index (χ1) is 14.7. The second-order valence-corrected chi connectivity index (χ2v) is 9.48. The van der Waals surface area contributed by atoms with Crippen LogP contribution in [0.5, 0.6) is 11.5 Å². The number of benzene rings is 1. The number of unbranched alkanes of at least 4 members (excludes halogenated alkanes) is 8. The lowest BCUT2D eigenvalue weighted by Gasteiger charge is -2.37. The Hall–Kier alpha value is -2.04. The number of nitro groups is 1. The van der Waals surface area contributed by atoms with Crippen LogP contribution >= 0.6 is 0 Å². The molecule has 1 unspecified atom stereocenters. The van der Waals surface area contributed by atoms with Crippen LogP contribution in [-0.4, -0.2) is 15.6 Å². The van der Waals surface area contributed by atoms with Crippen LogP contribution in [0.3, 0.4) is 0 Å². The van der Waals surface area contributed by atoms with Gasteiger partial charge in [0.1, 0.15) is 17.1 Å². The summed E-state index contributed by atoms with van der Waals surface area (Å²) in [7, 11) is 0.